The molecule has 0 bridgehead atoms. The van der Waals surface area contributed by atoms with E-state index in [1.54, 1.807) is 50.3 Å². The molecule has 1 amide bonds. The van der Waals surface area contributed by atoms with Gasteiger partial charge < -0.3 is 24.6 Å². The first kappa shape index (κ1) is 19.0. The van der Waals surface area contributed by atoms with Crippen LogP contribution in [-0.4, -0.2) is 42.1 Å². The second-order valence-electron chi connectivity index (χ2n) is 6.03. The Labute approximate surface area is 146 Å². The number of nitrogens with one attached hydrogen (secondary N) is 1. The first-order valence-corrected chi connectivity index (χ1v) is 8.08. The third-order valence-electron chi connectivity index (χ3n) is 3.44. The van der Waals surface area contributed by atoms with Gasteiger partial charge >= 0.3 is 5.97 Å². The molecule has 1 aliphatic rings. The van der Waals surface area contributed by atoms with Crippen molar-refractivity contribution in [3.63, 3.8) is 0 Å². The second kappa shape index (κ2) is 8.64. The molecule has 1 aromatic rings. The maximum atomic E-state index is 11.5. The van der Waals surface area contributed by atoms with E-state index in [-0.39, 0.29) is 24.4 Å². The number of carbonyl (C=O) groups is 2. The van der Waals surface area contributed by atoms with Crippen molar-refractivity contribution < 1.29 is 28.9 Å². The summed E-state index contributed by atoms with van der Waals surface area (Å²) in [6, 6.07) is 6.81. The van der Waals surface area contributed by atoms with E-state index in [4.69, 9.17) is 14.2 Å². The molecule has 1 aliphatic heterocycles. The van der Waals surface area contributed by atoms with Crippen LogP contribution in [0.3, 0.4) is 0 Å². The van der Waals surface area contributed by atoms with Crippen molar-refractivity contribution in [3.8, 4) is 5.75 Å². The van der Waals surface area contributed by atoms with Gasteiger partial charge in [-0.2, -0.15) is 0 Å². The van der Waals surface area contributed by atoms with Gasteiger partial charge in [-0.05, 0) is 30.3 Å². The molecule has 0 saturated carbocycles. The quantitative estimate of drug-likeness (QED) is 0.601. The van der Waals surface area contributed by atoms with Gasteiger partial charge in [0.1, 0.15) is 24.6 Å². The number of hydrogen-bond acceptors (Lipinski definition) is 6. The van der Waals surface area contributed by atoms with Crippen molar-refractivity contribution in [2.75, 3.05) is 11.9 Å². The van der Waals surface area contributed by atoms with Crippen molar-refractivity contribution in [3.05, 3.63) is 36.4 Å². The molecule has 0 spiro atoms. The molecule has 0 fully saturated rings. The molecule has 0 aliphatic carbocycles. The van der Waals surface area contributed by atoms with Gasteiger partial charge in [-0.15, -0.1) is 0 Å². The lowest BCUT2D eigenvalue weighted by Gasteiger charge is -2.29. The van der Waals surface area contributed by atoms with E-state index < -0.39 is 18.5 Å². The van der Waals surface area contributed by atoms with Gasteiger partial charge in [-0.25, -0.2) is 0 Å². The Morgan fingerprint density at radius 2 is 1.92 bits per heavy atom. The summed E-state index contributed by atoms with van der Waals surface area (Å²) in [5.41, 5.74) is 0.661. The number of benzene rings is 1. The van der Waals surface area contributed by atoms with E-state index in [1.807, 2.05) is 0 Å². The topological polar surface area (TPSA) is 94.1 Å². The molecule has 2 rings (SSSR count). The predicted octanol–water partition coefficient (Wildman–Crippen LogP) is 1.86. The van der Waals surface area contributed by atoms with Gasteiger partial charge in [0.2, 0.25) is 12.2 Å². The minimum absolute atomic E-state index is 0.0517. The normalized spacial score (nSPS) is 22.5. The predicted molar refractivity (Wildman–Crippen MR) is 91.0 cm³/mol. The van der Waals surface area contributed by atoms with E-state index in [9.17, 15) is 14.7 Å². The summed E-state index contributed by atoms with van der Waals surface area (Å²) in [4.78, 5) is 22.5. The third kappa shape index (κ3) is 5.88. The van der Waals surface area contributed by atoms with Crippen LogP contribution >= 0.6 is 0 Å². The first-order chi connectivity index (χ1) is 11.8. The molecule has 136 valence electrons. The Bertz CT molecular complexity index is 625. The standard InChI is InChI=1S/C18H23NO6/c1-11(2)18(22)23-10-16-15(21)8-9-17(25-16)24-14-6-4-13(5-7-14)19-12(3)20/h4-9,11,15-17,21H,10H2,1-3H3,(H,19,20)/t15-,16?,17-/m0/s1. The Morgan fingerprint density at radius 3 is 2.52 bits per heavy atom. The van der Waals surface area contributed by atoms with Gasteiger partial charge in [0.05, 0.1) is 5.92 Å². The Morgan fingerprint density at radius 1 is 1.24 bits per heavy atom. The lowest BCUT2D eigenvalue weighted by atomic mass is 10.1. The maximum Gasteiger partial charge on any atom is 0.308 e. The Balaban J connectivity index is 1.91. The van der Waals surface area contributed by atoms with E-state index in [0.717, 1.165) is 0 Å². The molecule has 2 N–H and O–H groups in total. The van der Waals surface area contributed by atoms with Crippen LogP contribution in [0.25, 0.3) is 0 Å². The minimum Gasteiger partial charge on any atom is -0.463 e. The summed E-state index contributed by atoms with van der Waals surface area (Å²) in [7, 11) is 0. The summed E-state index contributed by atoms with van der Waals surface area (Å²) in [5.74, 6) is -0.208. The van der Waals surface area contributed by atoms with Crippen LogP contribution in [-0.2, 0) is 19.1 Å². The number of carbonyl (C=O) groups excluding carboxylic acids is 2. The van der Waals surface area contributed by atoms with Crippen LogP contribution in [0.2, 0.25) is 0 Å². The van der Waals surface area contributed by atoms with Crippen LogP contribution in [0.15, 0.2) is 36.4 Å². The van der Waals surface area contributed by atoms with Crippen molar-refractivity contribution in [2.24, 2.45) is 5.92 Å². The van der Waals surface area contributed by atoms with Crippen molar-refractivity contribution >= 4 is 17.6 Å². The monoisotopic (exact) mass is 349 g/mol. The first-order valence-electron chi connectivity index (χ1n) is 8.08. The molecular formula is C18H23NO6. The molecule has 7 heteroatoms. The van der Waals surface area contributed by atoms with Gasteiger partial charge in [-0.1, -0.05) is 19.9 Å². The smallest absolute Gasteiger partial charge is 0.308 e. The maximum absolute atomic E-state index is 11.5. The third-order valence-corrected chi connectivity index (χ3v) is 3.44. The SMILES string of the molecule is CC(=O)Nc1ccc(O[C@@H]2C=C[C@H](O)C(COC(=O)C(C)C)O2)cc1. The summed E-state index contributed by atoms with van der Waals surface area (Å²) in [6.07, 6.45) is 0.858. The molecule has 25 heavy (non-hydrogen) atoms. The fourth-order valence-corrected chi connectivity index (χ4v) is 2.12. The van der Waals surface area contributed by atoms with Crippen LogP contribution < -0.4 is 10.1 Å². The van der Waals surface area contributed by atoms with E-state index in [0.29, 0.717) is 11.4 Å². The highest BCUT2D eigenvalue weighted by molar-refractivity contribution is 5.88. The minimum atomic E-state index is -0.873. The molecule has 3 atom stereocenters. The van der Waals surface area contributed by atoms with E-state index >= 15 is 0 Å². The second-order valence-corrected chi connectivity index (χ2v) is 6.03. The number of esters is 1. The van der Waals surface area contributed by atoms with E-state index in [1.165, 1.54) is 6.92 Å². The molecule has 0 saturated heterocycles. The fourth-order valence-electron chi connectivity index (χ4n) is 2.12. The van der Waals surface area contributed by atoms with Crippen molar-refractivity contribution in [1.29, 1.82) is 0 Å². The summed E-state index contributed by atoms with van der Waals surface area (Å²) in [5, 5.41) is 12.6. The largest absolute Gasteiger partial charge is 0.463 e. The van der Waals surface area contributed by atoms with Gasteiger partial charge in [0.25, 0.3) is 0 Å². The molecule has 1 heterocycles. The number of rotatable bonds is 6. The van der Waals surface area contributed by atoms with Crippen molar-refractivity contribution in [2.45, 2.75) is 39.3 Å². The van der Waals surface area contributed by atoms with Crippen LogP contribution in [0, 0.1) is 5.92 Å². The zero-order chi connectivity index (χ0) is 18.4. The molecule has 1 unspecified atom stereocenters. The highest BCUT2D eigenvalue weighted by Gasteiger charge is 2.28. The molecular weight excluding hydrogens is 326 g/mol. The summed E-state index contributed by atoms with van der Waals surface area (Å²) >= 11 is 0. The lowest BCUT2D eigenvalue weighted by Crippen LogP contribution is -2.41. The van der Waals surface area contributed by atoms with Crippen LogP contribution in [0.4, 0.5) is 5.69 Å². The fraction of sp³-hybridized carbons (Fsp3) is 0.444. The van der Waals surface area contributed by atoms with Gasteiger partial charge in [-0.3, -0.25) is 9.59 Å². The molecule has 0 aromatic heterocycles. The number of anilines is 1. The van der Waals surface area contributed by atoms with E-state index in [2.05, 4.69) is 5.32 Å². The highest BCUT2D eigenvalue weighted by atomic mass is 16.7. The lowest BCUT2D eigenvalue weighted by molar-refractivity contribution is -0.169. The Kier molecular flexibility index (Phi) is 6.55. The van der Waals surface area contributed by atoms with Gasteiger partial charge in [0.15, 0.2) is 0 Å². The van der Waals surface area contributed by atoms with Gasteiger partial charge in [0, 0.05) is 12.6 Å². The number of hydrogen-bond donors (Lipinski definition) is 2. The summed E-state index contributed by atoms with van der Waals surface area (Å²) in [6.45, 7) is 4.85. The molecule has 1 aromatic carbocycles. The molecule has 0 radical (unpaired) electrons. The molecule has 7 nitrogen and oxygen atoms in total. The average Bonchev–Trinajstić information content (AvgIpc) is 2.56. The summed E-state index contributed by atoms with van der Waals surface area (Å²) < 4.78 is 16.4. The van der Waals surface area contributed by atoms with Crippen molar-refractivity contribution in [1.82, 2.24) is 0 Å². The number of amides is 1. The number of aliphatic hydroxyl groups is 1. The highest BCUT2D eigenvalue weighted by Crippen LogP contribution is 2.21. The number of aliphatic hydroxyl groups excluding tert-OH is 1. The van der Waals surface area contributed by atoms with Crippen LogP contribution in [0.1, 0.15) is 20.8 Å². The zero-order valence-electron chi connectivity index (χ0n) is 14.5. The number of ether oxygens (including phenoxy) is 3. The average molecular weight is 349 g/mol. The van der Waals surface area contributed by atoms with Crippen LogP contribution in [0.5, 0.6) is 5.75 Å². The zero-order valence-corrected chi connectivity index (χ0v) is 14.5. The Hall–Kier alpha value is -2.38.